The molecule has 3 N–H and O–H groups in total. The van der Waals surface area contributed by atoms with Crippen LogP contribution in [-0.2, 0) is 4.79 Å². The Balaban J connectivity index is 2.16. The summed E-state index contributed by atoms with van der Waals surface area (Å²) in [6.07, 6.45) is 6.63. The summed E-state index contributed by atoms with van der Waals surface area (Å²) < 4.78 is 0. The van der Waals surface area contributed by atoms with Gasteiger partial charge < -0.3 is 15.8 Å². The Kier molecular flexibility index (Phi) is 4.32. The molecule has 2 rings (SSSR count). The van der Waals surface area contributed by atoms with Gasteiger partial charge in [-0.2, -0.15) is 0 Å². The Labute approximate surface area is 114 Å². The maximum Gasteiger partial charge on any atom is 0.236 e. The molecular weight excluding hydrogens is 242 g/mol. The maximum absolute atomic E-state index is 12.8. The molecule has 5 nitrogen and oxygen atoms in total. The lowest BCUT2D eigenvalue weighted by Crippen LogP contribution is -2.54. The Morgan fingerprint density at radius 2 is 1.84 bits per heavy atom. The Bertz CT molecular complexity index is 354. The van der Waals surface area contributed by atoms with Crippen LogP contribution in [-0.4, -0.2) is 34.9 Å². The van der Waals surface area contributed by atoms with E-state index in [0.29, 0.717) is 18.8 Å². The van der Waals surface area contributed by atoms with E-state index < -0.39 is 5.41 Å². The highest BCUT2D eigenvalue weighted by atomic mass is 16.4. The highest BCUT2D eigenvalue weighted by Crippen LogP contribution is 2.39. The van der Waals surface area contributed by atoms with Gasteiger partial charge in [0.05, 0.1) is 0 Å². The molecule has 1 aliphatic heterocycles. The van der Waals surface area contributed by atoms with E-state index in [4.69, 9.17) is 10.9 Å². The Hall–Kier alpha value is -1.26. The molecule has 5 heteroatoms. The molecule has 0 bridgehead atoms. The maximum atomic E-state index is 12.8. The predicted octanol–water partition coefficient (Wildman–Crippen LogP) is 1.94. The largest absolute Gasteiger partial charge is 0.409 e. The van der Waals surface area contributed by atoms with Crippen LogP contribution in [0.25, 0.3) is 0 Å². The number of rotatable bonds is 2. The van der Waals surface area contributed by atoms with Gasteiger partial charge in [0.2, 0.25) is 5.91 Å². The number of piperidine rings is 1. The predicted molar refractivity (Wildman–Crippen MR) is 73.9 cm³/mol. The molecule has 0 spiro atoms. The lowest BCUT2D eigenvalue weighted by molar-refractivity contribution is -0.141. The molecule has 1 heterocycles. The number of amides is 1. The van der Waals surface area contributed by atoms with Crippen molar-refractivity contribution in [2.75, 3.05) is 13.1 Å². The normalized spacial score (nSPS) is 25.3. The molecule has 1 saturated carbocycles. The fraction of sp³-hybridized carbons (Fsp3) is 0.857. The molecule has 0 radical (unpaired) electrons. The van der Waals surface area contributed by atoms with Gasteiger partial charge in [0.25, 0.3) is 0 Å². The summed E-state index contributed by atoms with van der Waals surface area (Å²) in [5.41, 5.74) is 5.13. The van der Waals surface area contributed by atoms with Crippen LogP contribution in [0.15, 0.2) is 5.16 Å². The molecule has 1 amide bonds. The van der Waals surface area contributed by atoms with E-state index >= 15 is 0 Å². The van der Waals surface area contributed by atoms with Crippen molar-refractivity contribution in [1.82, 2.24) is 4.90 Å². The number of likely N-dealkylation sites (tertiary alicyclic amines) is 1. The summed E-state index contributed by atoms with van der Waals surface area (Å²) in [6, 6.07) is 0. The van der Waals surface area contributed by atoms with Crippen LogP contribution in [0, 0.1) is 11.3 Å². The van der Waals surface area contributed by atoms with Gasteiger partial charge in [0.1, 0.15) is 5.41 Å². The van der Waals surface area contributed by atoms with Crippen LogP contribution in [0.2, 0.25) is 0 Å². The highest BCUT2D eigenvalue weighted by molar-refractivity contribution is 6.06. The molecule has 1 saturated heterocycles. The lowest BCUT2D eigenvalue weighted by atomic mass is 9.71. The third kappa shape index (κ3) is 2.69. The summed E-state index contributed by atoms with van der Waals surface area (Å²) in [7, 11) is 0. The third-order valence-electron chi connectivity index (χ3n) is 4.79. The van der Waals surface area contributed by atoms with E-state index in [1.807, 2.05) is 4.90 Å². The average molecular weight is 267 g/mol. The van der Waals surface area contributed by atoms with Crippen molar-refractivity contribution < 1.29 is 10.0 Å². The first-order valence-corrected chi connectivity index (χ1v) is 7.37. The lowest BCUT2D eigenvalue weighted by Gasteiger charge is -2.41. The van der Waals surface area contributed by atoms with Crippen molar-refractivity contribution in [3.8, 4) is 0 Å². The van der Waals surface area contributed by atoms with Crippen molar-refractivity contribution in [3.63, 3.8) is 0 Å². The zero-order chi connectivity index (χ0) is 13.9. The summed E-state index contributed by atoms with van der Waals surface area (Å²) in [6.45, 7) is 3.84. The molecule has 2 aliphatic rings. The van der Waals surface area contributed by atoms with Crippen molar-refractivity contribution in [1.29, 1.82) is 0 Å². The van der Waals surface area contributed by atoms with Crippen LogP contribution >= 0.6 is 0 Å². The number of carbonyl (C=O) groups excluding carboxylic acids is 1. The van der Waals surface area contributed by atoms with Crippen LogP contribution in [0.5, 0.6) is 0 Å². The zero-order valence-corrected chi connectivity index (χ0v) is 11.8. The molecule has 108 valence electrons. The number of nitrogens with two attached hydrogens (primary N) is 1. The van der Waals surface area contributed by atoms with E-state index in [0.717, 1.165) is 45.2 Å². The van der Waals surface area contributed by atoms with Crippen LogP contribution in [0.3, 0.4) is 0 Å². The van der Waals surface area contributed by atoms with Crippen molar-refractivity contribution in [2.45, 2.75) is 51.9 Å². The van der Waals surface area contributed by atoms with E-state index in [1.165, 1.54) is 0 Å². The minimum Gasteiger partial charge on any atom is -0.409 e. The summed E-state index contributed by atoms with van der Waals surface area (Å²) >= 11 is 0. The molecule has 1 aliphatic carbocycles. The minimum absolute atomic E-state index is 0.0781. The number of amidine groups is 1. The molecule has 0 unspecified atom stereocenters. The number of hydrogen-bond acceptors (Lipinski definition) is 3. The fourth-order valence-corrected chi connectivity index (χ4v) is 3.34. The quantitative estimate of drug-likeness (QED) is 0.347. The number of carbonyl (C=O) groups is 1. The smallest absolute Gasteiger partial charge is 0.236 e. The topological polar surface area (TPSA) is 78.9 Å². The number of hydrogen-bond donors (Lipinski definition) is 2. The van der Waals surface area contributed by atoms with Gasteiger partial charge >= 0.3 is 0 Å². The second-order valence-electron chi connectivity index (χ2n) is 6.10. The highest BCUT2D eigenvalue weighted by Gasteiger charge is 2.46. The minimum atomic E-state index is -0.742. The van der Waals surface area contributed by atoms with Gasteiger partial charge in [0, 0.05) is 13.1 Å². The van der Waals surface area contributed by atoms with Gasteiger partial charge in [0.15, 0.2) is 5.84 Å². The molecular formula is C14H25N3O2. The standard InChI is InChI=1S/C14H25N3O2/c1-11-5-9-17(10-6-11)13(18)14(12(15)16-19)7-3-2-4-8-14/h11,19H,2-10H2,1H3,(H2,15,16). The SMILES string of the molecule is CC1CCN(C(=O)C2(C(N)=NO)CCCCC2)CC1. The van der Waals surface area contributed by atoms with Gasteiger partial charge in [-0.1, -0.05) is 31.3 Å². The van der Waals surface area contributed by atoms with Gasteiger partial charge in [-0.05, 0) is 31.6 Å². The van der Waals surface area contributed by atoms with E-state index in [9.17, 15) is 4.79 Å². The van der Waals surface area contributed by atoms with Crippen molar-refractivity contribution in [2.24, 2.45) is 22.2 Å². The monoisotopic (exact) mass is 267 g/mol. The number of nitrogens with zero attached hydrogens (tertiary/aromatic N) is 2. The second kappa shape index (κ2) is 5.80. The van der Waals surface area contributed by atoms with Crippen LogP contribution in [0.1, 0.15) is 51.9 Å². The van der Waals surface area contributed by atoms with E-state index in [2.05, 4.69) is 12.1 Å². The molecule has 2 fully saturated rings. The first-order valence-electron chi connectivity index (χ1n) is 7.37. The van der Waals surface area contributed by atoms with E-state index in [-0.39, 0.29) is 11.7 Å². The zero-order valence-electron chi connectivity index (χ0n) is 11.8. The van der Waals surface area contributed by atoms with Crippen LogP contribution < -0.4 is 5.73 Å². The van der Waals surface area contributed by atoms with Crippen molar-refractivity contribution >= 4 is 11.7 Å². The first-order chi connectivity index (χ1) is 9.10. The summed E-state index contributed by atoms with van der Waals surface area (Å²) in [5.74, 6) is 0.875. The second-order valence-corrected chi connectivity index (χ2v) is 6.10. The third-order valence-corrected chi connectivity index (χ3v) is 4.79. The molecule has 0 aromatic carbocycles. The van der Waals surface area contributed by atoms with Gasteiger partial charge in [-0.25, -0.2) is 0 Å². The molecule has 0 atom stereocenters. The average Bonchev–Trinajstić information content (AvgIpc) is 2.47. The molecule has 19 heavy (non-hydrogen) atoms. The summed E-state index contributed by atoms with van der Waals surface area (Å²) in [5, 5.41) is 12.2. The Morgan fingerprint density at radius 3 is 2.37 bits per heavy atom. The van der Waals surface area contributed by atoms with Crippen LogP contribution in [0.4, 0.5) is 0 Å². The van der Waals surface area contributed by atoms with Gasteiger partial charge in [-0.15, -0.1) is 0 Å². The fourth-order valence-electron chi connectivity index (χ4n) is 3.34. The molecule has 0 aromatic rings. The number of oxime groups is 1. The summed E-state index contributed by atoms with van der Waals surface area (Å²) in [4.78, 5) is 14.8. The Morgan fingerprint density at radius 1 is 1.26 bits per heavy atom. The first kappa shape index (κ1) is 14.2. The van der Waals surface area contributed by atoms with Gasteiger partial charge in [-0.3, -0.25) is 4.79 Å². The van der Waals surface area contributed by atoms with E-state index in [1.54, 1.807) is 0 Å². The molecule has 0 aromatic heterocycles. The van der Waals surface area contributed by atoms with Crippen molar-refractivity contribution in [3.05, 3.63) is 0 Å².